The summed E-state index contributed by atoms with van der Waals surface area (Å²) in [6.45, 7) is 13.3. The van der Waals surface area contributed by atoms with Gasteiger partial charge >= 0.3 is 0 Å². The van der Waals surface area contributed by atoms with E-state index in [0.29, 0.717) is 24.0 Å². The zero-order valence-electron chi connectivity index (χ0n) is 16.1. The Morgan fingerprint density at radius 3 is 2.38 bits per heavy atom. The van der Waals surface area contributed by atoms with Gasteiger partial charge in [0.1, 0.15) is 0 Å². The standard InChI is InChI=1S/C20H36N2O2/c1-15(2)17-11-20(12-17)6-9-22(10-7-20)19(23)14-21-8-5-18(13-21)24-16(3)4/h15-18H,5-14H2,1-4H3. The molecule has 2 saturated heterocycles. The zero-order chi connectivity index (χ0) is 17.3. The van der Waals surface area contributed by atoms with Gasteiger partial charge in [0.25, 0.3) is 0 Å². The molecule has 0 aromatic heterocycles. The summed E-state index contributed by atoms with van der Waals surface area (Å²) in [5.41, 5.74) is 0.579. The summed E-state index contributed by atoms with van der Waals surface area (Å²) in [6.07, 6.45) is 6.89. The molecule has 0 N–H and O–H groups in total. The maximum absolute atomic E-state index is 12.6. The molecule has 1 unspecified atom stereocenters. The van der Waals surface area contributed by atoms with Crippen molar-refractivity contribution in [2.75, 3.05) is 32.7 Å². The van der Waals surface area contributed by atoms with Crippen molar-refractivity contribution in [2.24, 2.45) is 17.3 Å². The Bertz CT molecular complexity index is 433. The Labute approximate surface area is 147 Å². The van der Waals surface area contributed by atoms with Crippen LogP contribution in [0.5, 0.6) is 0 Å². The fourth-order valence-electron chi connectivity index (χ4n) is 4.89. The van der Waals surface area contributed by atoms with Gasteiger partial charge in [-0.25, -0.2) is 0 Å². The van der Waals surface area contributed by atoms with Gasteiger partial charge in [0, 0.05) is 26.2 Å². The molecule has 3 fully saturated rings. The Hall–Kier alpha value is -0.610. The second-order valence-corrected chi connectivity index (χ2v) is 9.12. The lowest BCUT2D eigenvalue weighted by atomic mass is 9.55. The van der Waals surface area contributed by atoms with Crippen LogP contribution >= 0.6 is 0 Å². The van der Waals surface area contributed by atoms with Crippen LogP contribution in [0.15, 0.2) is 0 Å². The fraction of sp³-hybridized carbons (Fsp3) is 0.950. The lowest BCUT2D eigenvalue weighted by molar-refractivity contribution is -0.137. The molecule has 0 aromatic rings. The zero-order valence-corrected chi connectivity index (χ0v) is 16.1. The molecule has 1 spiro atoms. The van der Waals surface area contributed by atoms with Crippen LogP contribution in [-0.4, -0.2) is 60.6 Å². The SMILES string of the molecule is CC(C)OC1CCN(CC(=O)N2CCC3(CC2)CC(C(C)C)C3)C1. The Morgan fingerprint density at radius 2 is 1.79 bits per heavy atom. The first-order chi connectivity index (χ1) is 11.4. The van der Waals surface area contributed by atoms with E-state index < -0.39 is 0 Å². The number of nitrogens with zero attached hydrogens (tertiary/aromatic N) is 2. The first-order valence-electron chi connectivity index (χ1n) is 10.0. The summed E-state index contributed by atoms with van der Waals surface area (Å²) in [4.78, 5) is 17.0. The van der Waals surface area contributed by atoms with Crippen molar-refractivity contribution in [3.63, 3.8) is 0 Å². The van der Waals surface area contributed by atoms with E-state index in [-0.39, 0.29) is 6.10 Å². The quantitative estimate of drug-likeness (QED) is 0.773. The molecule has 1 atom stereocenters. The molecular formula is C20H36N2O2. The maximum Gasteiger partial charge on any atom is 0.236 e. The van der Waals surface area contributed by atoms with Gasteiger partial charge in [-0.3, -0.25) is 9.69 Å². The highest BCUT2D eigenvalue weighted by Crippen LogP contribution is 2.54. The smallest absolute Gasteiger partial charge is 0.236 e. The van der Waals surface area contributed by atoms with Gasteiger partial charge in [-0.2, -0.15) is 0 Å². The Balaban J connectivity index is 1.39. The lowest BCUT2D eigenvalue weighted by Crippen LogP contribution is -2.51. The number of hydrogen-bond acceptors (Lipinski definition) is 3. The van der Waals surface area contributed by atoms with E-state index in [1.807, 2.05) is 0 Å². The summed E-state index contributed by atoms with van der Waals surface area (Å²) in [7, 11) is 0. The van der Waals surface area contributed by atoms with E-state index in [9.17, 15) is 4.79 Å². The molecule has 4 heteroatoms. The first-order valence-corrected chi connectivity index (χ1v) is 10.0. The van der Waals surface area contributed by atoms with E-state index >= 15 is 0 Å². The highest BCUT2D eigenvalue weighted by Gasteiger charge is 2.47. The molecular weight excluding hydrogens is 300 g/mol. The molecule has 1 aliphatic carbocycles. The van der Waals surface area contributed by atoms with Crippen molar-refractivity contribution < 1.29 is 9.53 Å². The molecule has 0 aromatic carbocycles. The van der Waals surface area contributed by atoms with E-state index in [4.69, 9.17) is 4.74 Å². The van der Waals surface area contributed by atoms with Crippen molar-refractivity contribution in [1.29, 1.82) is 0 Å². The highest BCUT2D eigenvalue weighted by atomic mass is 16.5. The Morgan fingerprint density at radius 1 is 1.12 bits per heavy atom. The first kappa shape index (κ1) is 18.2. The summed E-state index contributed by atoms with van der Waals surface area (Å²) in [6, 6.07) is 0. The van der Waals surface area contributed by atoms with Crippen molar-refractivity contribution in [2.45, 2.75) is 72.0 Å². The summed E-state index contributed by atoms with van der Waals surface area (Å²) in [5, 5.41) is 0. The molecule has 2 aliphatic heterocycles. The fourth-order valence-corrected chi connectivity index (χ4v) is 4.89. The summed E-state index contributed by atoms with van der Waals surface area (Å²) >= 11 is 0. The van der Waals surface area contributed by atoms with Gasteiger partial charge in [-0.1, -0.05) is 13.8 Å². The number of rotatable bonds is 5. The van der Waals surface area contributed by atoms with Crippen molar-refractivity contribution in [1.82, 2.24) is 9.80 Å². The van der Waals surface area contributed by atoms with Gasteiger partial charge in [-0.15, -0.1) is 0 Å². The normalized spacial score (nSPS) is 28.1. The third-order valence-corrected chi connectivity index (χ3v) is 6.56. The molecule has 4 nitrogen and oxygen atoms in total. The molecule has 138 valence electrons. The van der Waals surface area contributed by atoms with Crippen LogP contribution in [0, 0.1) is 17.3 Å². The van der Waals surface area contributed by atoms with Crippen molar-refractivity contribution in [3.05, 3.63) is 0 Å². The van der Waals surface area contributed by atoms with Crippen LogP contribution in [-0.2, 0) is 9.53 Å². The minimum absolute atomic E-state index is 0.279. The minimum atomic E-state index is 0.279. The molecule has 0 radical (unpaired) electrons. The van der Waals surface area contributed by atoms with Crippen LogP contribution in [0.1, 0.15) is 59.8 Å². The van der Waals surface area contributed by atoms with Gasteiger partial charge in [0.2, 0.25) is 5.91 Å². The second-order valence-electron chi connectivity index (χ2n) is 9.12. The summed E-state index contributed by atoms with van der Waals surface area (Å²) < 4.78 is 5.88. The topological polar surface area (TPSA) is 32.8 Å². The Kier molecular flexibility index (Phi) is 5.55. The molecule has 2 heterocycles. The number of ether oxygens (including phenoxy) is 1. The van der Waals surface area contributed by atoms with Crippen LogP contribution in [0.4, 0.5) is 0 Å². The lowest BCUT2D eigenvalue weighted by Gasteiger charge is -2.53. The number of amides is 1. The average molecular weight is 337 g/mol. The van der Waals surface area contributed by atoms with Gasteiger partial charge in [0.15, 0.2) is 0 Å². The molecule has 0 bridgehead atoms. The van der Waals surface area contributed by atoms with Crippen LogP contribution in [0.2, 0.25) is 0 Å². The van der Waals surface area contributed by atoms with E-state index in [2.05, 4.69) is 37.5 Å². The molecule has 1 amide bonds. The number of carbonyl (C=O) groups is 1. The average Bonchev–Trinajstić information content (AvgIpc) is 2.90. The molecule has 24 heavy (non-hydrogen) atoms. The predicted molar refractivity (Wildman–Crippen MR) is 96.9 cm³/mol. The third-order valence-electron chi connectivity index (χ3n) is 6.56. The number of carbonyl (C=O) groups excluding carboxylic acids is 1. The van der Waals surface area contributed by atoms with E-state index in [1.54, 1.807) is 0 Å². The highest BCUT2D eigenvalue weighted by molar-refractivity contribution is 5.78. The largest absolute Gasteiger partial charge is 0.374 e. The predicted octanol–water partition coefficient (Wildman–Crippen LogP) is 3.16. The molecule has 1 saturated carbocycles. The monoisotopic (exact) mass is 336 g/mol. The van der Waals surface area contributed by atoms with Crippen LogP contribution in [0.3, 0.4) is 0 Å². The molecule has 3 aliphatic rings. The number of hydrogen-bond donors (Lipinski definition) is 0. The van der Waals surface area contributed by atoms with Gasteiger partial charge in [-0.05, 0) is 63.2 Å². The number of likely N-dealkylation sites (tertiary alicyclic amines) is 2. The van der Waals surface area contributed by atoms with E-state index in [1.165, 1.54) is 25.7 Å². The summed E-state index contributed by atoms with van der Waals surface area (Å²) in [5.74, 6) is 2.08. The second kappa shape index (κ2) is 7.33. The van der Waals surface area contributed by atoms with Crippen LogP contribution in [0.25, 0.3) is 0 Å². The molecule has 3 rings (SSSR count). The number of piperidine rings is 1. The van der Waals surface area contributed by atoms with Crippen LogP contribution < -0.4 is 0 Å². The van der Waals surface area contributed by atoms with Crippen molar-refractivity contribution >= 4 is 5.91 Å². The maximum atomic E-state index is 12.6. The van der Waals surface area contributed by atoms with Crippen molar-refractivity contribution in [3.8, 4) is 0 Å². The van der Waals surface area contributed by atoms with Gasteiger partial charge < -0.3 is 9.64 Å². The minimum Gasteiger partial charge on any atom is -0.374 e. The van der Waals surface area contributed by atoms with Gasteiger partial charge in [0.05, 0.1) is 18.8 Å². The van der Waals surface area contributed by atoms with E-state index in [0.717, 1.165) is 44.4 Å². The third kappa shape index (κ3) is 4.13.